The Morgan fingerprint density at radius 2 is 1.65 bits per heavy atom. The number of aliphatic hydroxyl groups is 1. The van der Waals surface area contributed by atoms with Gasteiger partial charge in [0.25, 0.3) is 0 Å². The Labute approximate surface area is 179 Å². The van der Waals surface area contributed by atoms with Crippen molar-refractivity contribution in [3.8, 4) is 0 Å². The monoisotopic (exact) mass is 484 g/mol. The highest BCUT2D eigenvalue weighted by molar-refractivity contribution is 14.0. The van der Waals surface area contributed by atoms with Crippen LogP contribution in [0.15, 0.2) is 4.99 Å². The van der Waals surface area contributed by atoms with E-state index in [-0.39, 0.29) is 30.6 Å². The molecule has 26 heavy (non-hydrogen) atoms. The molecule has 0 aliphatic heterocycles. The molecule has 0 aromatic heterocycles. The lowest BCUT2D eigenvalue weighted by Crippen LogP contribution is -2.41. The van der Waals surface area contributed by atoms with E-state index in [1.54, 1.807) is 0 Å². The van der Waals surface area contributed by atoms with Crippen LogP contribution in [-0.2, 0) is 0 Å². The predicted octanol–water partition coefficient (Wildman–Crippen LogP) is 3.71. The molecular weight excluding hydrogens is 439 g/mol. The van der Waals surface area contributed by atoms with Gasteiger partial charge in [0.1, 0.15) is 0 Å². The van der Waals surface area contributed by atoms with Crippen LogP contribution in [0.1, 0.15) is 67.7 Å². The van der Waals surface area contributed by atoms with Crippen LogP contribution in [0.5, 0.6) is 0 Å². The zero-order chi connectivity index (χ0) is 19.2. The number of aliphatic hydroxyl groups excluding tert-OH is 1. The van der Waals surface area contributed by atoms with Crippen LogP contribution >= 0.6 is 24.0 Å². The number of nitrogens with one attached hydrogen (secondary N) is 2. The third-order valence-electron chi connectivity index (χ3n) is 4.41. The number of halogens is 1. The molecular formula is C20H45IN4O. The van der Waals surface area contributed by atoms with Crippen LogP contribution < -0.4 is 10.6 Å². The molecule has 0 heterocycles. The van der Waals surface area contributed by atoms with Gasteiger partial charge in [-0.1, -0.05) is 13.8 Å². The molecule has 0 amide bonds. The fraction of sp³-hybridized carbons (Fsp3) is 0.950. The van der Waals surface area contributed by atoms with Crippen molar-refractivity contribution < 1.29 is 5.11 Å². The van der Waals surface area contributed by atoms with Gasteiger partial charge in [0.15, 0.2) is 5.96 Å². The second-order valence-electron chi connectivity index (χ2n) is 7.93. The summed E-state index contributed by atoms with van der Waals surface area (Å²) in [6.07, 6.45) is 3.05. The Hall–Kier alpha value is -0.0800. The van der Waals surface area contributed by atoms with Gasteiger partial charge in [-0.15, -0.1) is 24.0 Å². The first-order chi connectivity index (χ1) is 11.8. The van der Waals surface area contributed by atoms with Crippen molar-refractivity contribution in [3.63, 3.8) is 0 Å². The van der Waals surface area contributed by atoms with Crippen molar-refractivity contribution in [2.45, 2.75) is 79.8 Å². The van der Waals surface area contributed by atoms with Gasteiger partial charge in [0.05, 0.1) is 0 Å². The normalized spacial score (nSPS) is 13.5. The van der Waals surface area contributed by atoms with Crippen molar-refractivity contribution >= 4 is 29.9 Å². The van der Waals surface area contributed by atoms with Gasteiger partial charge in [-0.3, -0.25) is 9.89 Å². The summed E-state index contributed by atoms with van der Waals surface area (Å²) in [5, 5.41) is 16.0. The van der Waals surface area contributed by atoms with E-state index in [4.69, 9.17) is 4.99 Å². The number of nitrogens with zero attached hydrogens (tertiary/aromatic N) is 2. The van der Waals surface area contributed by atoms with E-state index < -0.39 is 0 Å². The Morgan fingerprint density at radius 3 is 2.12 bits per heavy atom. The molecule has 6 heteroatoms. The maximum atomic E-state index is 9.25. The molecule has 0 saturated heterocycles. The van der Waals surface area contributed by atoms with Gasteiger partial charge in [-0.25, -0.2) is 0 Å². The molecule has 0 aromatic carbocycles. The van der Waals surface area contributed by atoms with Crippen LogP contribution in [0.4, 0.5) is 0 Å². The summed E-state index contributed by atoms with van der Waals surface area (Å²) in [4.78, 5) is 7.26. The third kappa shape index (κ3) is 14.0. The molecule has 158 valence electrons. The second kappa shape index (κ2) is 17.0. The van der Waals surface area contributed by atoms with Crippen molar-refractivity contribution in [1.29, 1.82) is 0 Å². The van der Waals surface area contributed by atoms with Gasteiger partial charge in [0, 0.05) is 44.9 Å². The minimum absolute atomic E-state index is 0. The zero-order valence-corrected chi connectivity index (χ0v) is 20.5. The minimum Gasteiger partial charge on any atom is -0.396 e. The quantitative estimate of drug-likeness (QED) is 0.162. The molecule has 0 aliphatic rings. The average molecular weight is 485 g/mol. The standard InChI is InChI=1S/C20H44N4O.HI/c1-8-21-20(23-15-19(10-13-25)14-16(2)3)22-11-9-12-24(17(4)5)18(6)7;/h16-19,25H,8-15H2,1-7H3,(H2,21,22,23);1H. The van der Waals surface area contributed by atoms with Crippen LogP contribution in [0.3, 0.4) is 0 Å². The smallest absolute Gasteiger partial charge is 0.191 e. The molecule has 5 nitrogen and oxygen atoms in total. The van der Waals surface area contributed by atoms with E-state index >= 15 is 0 Å². The van der Waals surface area contributed by atoms with Gasteiger partial charge in [0.2, 0.25) is 0 Å². The van der Waals surface area contributed by atoms with Crippen LogP contribution in [0, 0.1) is 11.8 Å². The maximum absolute atomic E-state index is 9.25. The van der Waals surface area contributed by atoms with E-state index in [0.717, 1.165) is 51.4 Å². The molecule has 0 saturated carbocycles. The SMILES string of the molecule is CCNC(=NCC(CCO)CC(C)C)NCCCN(C(C)C)C(C)C.I. The maximum Gasteiger partial charge on any atom is 0.191 e. The molecule has 0 rings (SSSR count). The number of rotatable bonds is 13. The first-order valence-corrected chi connectivity index (χ1v) is 10.2. The third-order valence-corrected chi connectivity index (χ3v) is 4.41. The number of aliphatic imine (C=N–C) groups is 1. The van der Waals surface area contributed by atoms with Crippen LogP contribution in [0.2, 0.25) is 0 Å². The molecule has 0 radical (unpaired) electrons. The molecule has 0 spiro atoms. The Morgan fingerprint density at radius 1 is 1.04 bits per heavy atom. The number of hydrogen-bond donors (Lipinski definition) is 3. The summed E-state index contributed by atoms with van der Waals surface area (Å²) in [6, 6.07) is 1.16. The fourth-order valence-electron chi connectivity index (χ4n) is 3.28. The first kappa shape index (κ1) is 28.1. The molecule has 0 aliphatic carbocycles. The van der Waals surface area contributed by atoms with Crippen molar-refractivity contribution in [2.24, 2.45) is 16.8 Å². The van der Waals surface area contributed by atoms with Crippen LogP contribution in [0.25, 0.3) is 0 Å². The molecule has 1 unspecified atom stereocenters. The summed E-state index contributed by atoms with van der Waals surface area (Å²) < 4.78 is 0. The highest BCUT2D eigenvalue weighted by Crippen LogP contribution is 2.15. The Bertz CT molecular complexity index is 341. The minimum atomic E-state index is 0. The summed E-state index contributed by atoms with van der Waals surface area (Å²) in [5.41, 5.74) is 0. The Balaban J connectivity index is 0. The zero-order valence-electron chi connectivity index (χ0n) is 18.2. The van der Waals surface area contributed by atoms with Gasteiger partial charge < -0.3 is 15.7 Å². The number of guanidine groups is 1. The van der Waals surface area contributed by atoms with Crippen molar-refractivity contribution in [3.05, 3.63) is 0 Å². The average Bonchev–Trinajstić information content (AvgIpc) is 2.50. The topological polar surface area (TPSA) is 59.9 Å². The van der Waals surface area contributed by atoms with Gasteiger partial charge in [-0.05, 0) is 65.7 Å². The lowest BCUT2D eigenvalue weighted by atomic mass is 9.94. The van der Waals surface area contributed by atoms with Crippen molar-refractivity contribution in [1.82, 2.24) is 15.5 Å². The molecule has 1 atom stereocenters. The summed E-state index contributed by atoms with van der Waals surface area (Å²) in [5.74, 6) is 1.99. The predicted molar refractivity (Wildman–Crippen MR) is 126 cm³/mol. The summed E-state index contributed by atoms with van der Waals surface area (Å²) in [6.45, 7) is 19.5. The van der Waals surface area contributed by atoms with Crippen molar-refractivity contribution in [2.75, 3.05) is 32.8 Å². The lowest BCUT2D eigenvalue weighted by Gasteiger charge is -2.30. The van der Waals surface area contributed by atoms with E-state index in [2.05, 4.69) is 64.0 Å². The highest BCUT2D eigenvalue weighted by atomic mass is 127. The molecule has 0 aromatic rings. The molecule has 0 fully saturated rings. The van der Waals surface area contributed by atoms with E-state index in [9.17, 15) is 5.11 Å². The summed E-state index contributed by atoms with van der Waals surface area (Å²) >= 11 is 0. The van der Waals surface area contributed by atoms with Gasteiger partial charge in [-0.2, -0.15) is 0 Å². The van der Waals surface area contributed by atoms with Gasteiger partial charge >= 0.3 is 0 Å². The largest absolute Gasteiger partial charge is 0.396 e. The van der Waals surface area contributed by atoms with E-state index in [1.165, 1.54) is 0 Å². The lowest BCUT2D eigenvalue weighted by molar-refractivity contribution is 0.173. The summed E-state index contributed by atoms with van der Waals surface area (Å²) in [7, 11) is 0. The van der Waals surface area contributed by atoms with E-state index in [0.29, 0.717) is 23.9 Å². The second-order valence-corrected chi connectivity index (χ2v) is 7.93. The number of hydrogen-bond acceptors (Lipinski definition) is 3. The van der Waals surface area contributed by atoms with E-state index in [1.807, 2.05) is 0 Å². The molecule has 3 N–H and O–H groups in total. The highest BCUT2D eigenvalue weighted by Gasteiger charge is 2.13. The first-order valence-electron chi connectivity index (χ1n) is 10.2. The molecule has 0 bridgehead atoms. The fourth-order valence-corrected chi connectivity index (χ4v) is 3.28. The Kier molecular flexibility index (Phi) is 18.4. The van der Waals surface area contributed by atoms with Crippen LogP contribution in [-0.4, -0.2) is 60.8 Å².